The van der Waals surface area contributed by atoms with Gasteiger partial charge in [-0.1, -0.05) is 12.1 Å². The number of hydrogen-bond acceptors (Lipinski definition) is 4. The second-order valence-corrected chi connectivity index (χ2v) is 4.29. The number of nitrogens with two attached hydrogens (primary N) is 1. The first kappa shape index (κ1) is 12.8. The van der Waals surface area contributed by atoms with E-state index in [0.29, 0.717) is 6.54 Å². The fraction of sp³-hybridized carbons (Fsp3) is 0.800. The summed E-state index contributed by atoms with van der Waals surface area (Å²) in [5.41, 5.74) is 5.40. The Balaban J connectivity index is 2.74. The van der Waals surface area contributed by atoms with Crippen molar-refractivity contribution in [3.8, 4) is 0 Å². The molecule has 4 N–H and O–H groups in total. The Morgan fingerprint density at radius 3 is 2.81 bits per heavy atom. The molecular formula is C10H19N3O3. The van der Waals surface area contributed by atoms with Gasteiger partial charge >= 0.3 is 0 Å². The molecule has 0 bridgehead atoms. The summed E-state index contributed by atoms with van der Waals surface area (Å²) in [5.74, 6) is -0.655. The van der Waals surface area contributed by atoms with Crippen LogP contribution in [-0.4, -0.2) is 46.1 Å². The molecule has 1 heterocycles. The number of amides is 1. The second-order valence-electron chi connectivity index (χ2n) is 4.29. The molecule has 0 aromatic carbocycles. The minimum Gasteiger partial charge on any atom is -0.409 e. The third kappa shape index (κ3) is 2.27. The zero-order chi connectivity index (χ0) is 12.3. The van der Waals surface area contributed by atoms with Gasteiger partial charge < -0.3 is 20.9 Å². The van der Waals surface area contributed by atoms with Crippen molar-refractivity contribution in [1.29, 1.82) is 0 Å². The first-order chi connectivity index (χ1) is 7.52. The van der Waals surface area contributed by atoms with E-state index in [1.54, 1.807) is 11.8 Å². The van der Waals surface area contributed by atoms with Crippen molar-refractivity contribution < 1.29 is 15.1 Å². The third-order valence-electron chi connectivity index (χ3n) is 3.28. The molecular weight excluding hydrogens is 210 g/mol. The summed E-state index contributed by atoms with van der Waals surface area (Å²) < 4.78 is 0. The topological polar surface area (TPSA) is 99.2 Å². The van der Waals surface area contributed by atoms with Crippen LogP contribution >= 0.6 is 0 Å². The van der Waals surface area contributed by atoms with E-state index in [2.05, 4.69) is 5.16 Å². The van der Waals surface area contributed by atoms with Crippen molar-refractivity contribution >= 4 is 11.7 Å². The Hall–Kier alpha value is -1.30. The maximum Gasteiger partial charge on any atom is 0.233 e. The molecule has 6 heteroatoms. The highest BCUT2D eigenvalue weighted by atomic mass is 16.4. The molecule has 0 saturated carbocycles. The Bertz CT molecular complexity index is 293. The Morgan fingerprint density at radius 1 is 1.69 bits per heavy atom. The predicted molar refractivity (Wildman–Crippen MR) is 58.9 cm³/mol. The molecule has 0 aliphatic carbocycles. The monoisotopic (exact) mass is 229 g/mol. The molecule has 1 aliphatic heterocycles. The number of oxime groups is 1. The molecule has 1 aliphatic rings. The number of aliphatic hydroxyl groups excluding tert-OH is 1. The summed E-state index contributed by atoms with van der Waals surface area (Å²) in [6.07, 6.45) is 0.875. The van der Waals surface area contributed by atoms with Crippen LogP contribution < -0.4 is 5.73 Å². The fourth-order valence-corrected chi connectivity index (χ4v) is 2.02. The molecule has 16 heavy (non-hydrogen) atoms. The molecule has 1 fully saturated rings. The summed E-state index contributed by atoms with van der Waals surface area (Å²) >= 11 is 0. The number of hydrogen-bond donors (Lipinski definition) is 3. The zero-order valence-corrected chi connectivity index (χ0v) is 9.63. The van der Waals surface area contributed by atoms with E-state index in [9.17, 15) is 9.90 Å². The Morgan fingerprint density at radius 2 is 2.31 bits per heavy atom. The van der Waals surface area contributed by atoms with E-state index in [0.717, 1.165) is 6.42 Å². The number of amidine groups is 1. The summed E-state index contributed by atoms with van der Waals surface area (Å²) in [6, 6.07) is -0.151. The second kappa shape index (κ2) is 5.16. The summed E-state index contributed by atoms with van der Waals surface area (Å²) in [4.78, 5) is 13.6. The summed E-state index contributed by atoms with van der Waals surface area (Å²) in [7, 11) is 0. The third-order valence-corrected chi connectivity index (χ3v) is 3.28. The van der Waals surface area contributed by atoms with Crippen LogP contribution in [0.1, 0.15) is 20.3 Å². The van der Waals surface area contributed by atoms with Gasteiger partial charge in [0.1, 0.15) is 0 Å². The van der Waals surface area contributed by atoms with Crippen LogP contribution in [0.5, 0.6) is 0 Å². The first-order valence-corrected chi connectivity index (χ1v) is 5.41. The zero-order valence-electron chi connectivity index (χ0n) is 9.63. The van der Waals surface area contributed by atoms with Crippen LogP contribution in [0, 0.1) is 11.8 Å². The lowest BCUT2D eigenvalue weighted by Crippen LogP contribution is -2.45. The normalized spacial score (nSPS) is 28.2. The van der Waals surface area contributed by atoms with Crippen LogP contribution in [0.2, 0.25) is 0 Å². The summed E-state index contributed by atoms with van der Waals surface area (Å²) in [6.45, 7) is 4.17. The molecule has 3 unspecified atom stereocenters. The van der Waals surface area contributed by atoms with Gasteiger partial charge in [-0.25, -0.2) is 0 Å². The van der Waals surface area contributed by atoms with E-state index in [1.807, 2.05) is 6.92 Å². The van der Waals surface area contributed by atoms with Gasteiger partial charge in [-0.15, -0.1) is 0 Å². The van der Waals surface area contributed by atoms with Crippen LogP contribution in [-0.2, 0) is 4.79 Å². The molecule has 6 nitrogen and oxygen atoms in total. The van der Waals surface area contributed by atoms with Gasteiger partial charge in [0.05, 0.1) is 18.6 Å². The van der Waals surface area contributed by atoms with Gasteiger partial charge in [0.25, 0.3) is 0 Å². The van der Waals surface area contributed by atoms with Gasteiger partial charge in [-0.3, -0.25) is 4.79 Å². The van der Waals surface area contributed by atoms with Crippen LogP contribution in [0.25, 0.3) is 0 Å². The molecule has 1 rings (SSSR count). The first-order valence-electron chi connectivity index (χ1n) is 5.41. The standard InChI is InChI=1S/C10H19N3O3/c1-6-3-4-13(8(6)5-14)10(15)7(2)9(11)12-16/h6-8,14,16H,3-5H2,1-2H3,(H2,11,12). The lowest BCUT2D eigenvalue weighted by atomic mass is 10.0. The summed E-state index contributed by atoms with van der Waals surface area (Å²) in [5, 5.41) is 20.6. The lowest BCUT2D eigenvalue weighted by molar-refractivity contribution is -0.134. The van der Waals surface area contributed by atoms with Crippen molar-refractivity contribution in [3.63, 3.8) is 0 Å². The average molecular weight is 229 g/mol. The van der Waals surface area contributed by atoms with Gasteiger partial charge in [0.2, 0.25) is 5.91 Å². The number of rotatable bonds is 3. The van der Waals surface area contributed by atoms with E-state index in [4.69, 9.17) is 10.9 Å². The van der Waals surface area contributed by atoms with Crippen molar-refractivity contribution in [1.82, 2.24) is 4.90 Å². The highest BCUT2D eigenvalue weighted by molar-refractivity contribution is 6.01. The van der Waals surface area contributed by atoms with Crippen molar-refractivity contribution in [2.75, 3.05) is 13.2 Å². The highest BCUT2D eigenvalue weighted by Gasteiger charge is 2.36. The highest BCUT2D eigenvalue weighted by Crippen LogP contribution is 2.25. The van der Waals surface area contributed by atoms with Gasteiger partial charge in [0.15, 0.2) is 5.84 Å². The largest absolute Gasteiger partial charge is 0.409 e. The number of nitrogens with zero attached hydrogens (tertiary/aromatic N) is 2. The Labute approximate surface area is 94.7 Å². The minimum atomic E-state index is -0.649. The molecule has 1 amide bonds. The molecule has 3 atom stereocenters. The number of aliphatic hydroxyl groups is 1. The molecule has 0 aromatic rings. The van der Waals surface area contributed by atoms with E-state index in [1.165, 1.54) is 0 Å². The van der Waals surface area contributed by atoms with E-state index >= 15 is 0 Å². The maximum absolute atomic E-state index is 12.0. The van der Waals surface area contributed by atoms with Gasteiger partial charge in [-0.05, 0) is 19.3 Å². The molecule has 0 radical (unpaired) electrons. The maximum atomic E-state index is 12.0. The minimum absolute atomic E-state index is 0.0458. The van der Waals surface area contributed by atoms with Crippen molar-refractivity contribution in [2.24, 2.45) is 22.7 Å². The van der Waals surface area contributed by atoms with E-state index in [-0.39, 0.29) is 30.3 Å². The number of likely N-dealkylation sites (tertiary alicyclic amines) is 1. The van der Waals surface area contributed by atoms with Crippen LogP contribution in [0.3, 0.4) is 0 Å². The van der Waals surface area contributed by atoms with Gasteiger partial charge in [0, 0.05) is 6.54 Å². The van der Waals surface area contributed by atoms with Crippen LogP contribution in [0.4, 0.5) is 0 Å². The molecule has 1 saturated heterocycles. The number of carbonyl (C=O) groups excluding carboxylic acids is 1. The van der Waals surface area contributed by atoms with E-state index < -0.39 is 5.92 Å². The smallest absolute Gasteiger partial charge is 0.233 e. The fourth-order valence-electron chi connectivity index (χ4n) is 2.02. The average Bonchev–Trinajstić information content (AvgIpc) is 2.67. The quantitative estimate of drug-likeness (QED) is 0.265. The molecule has 92 valence electrons. The SMILES string of the molecule is CC(C(=O)N1CCC(C)C1CO)C(N)=NO. The van der Waals surface area contributed by atoms with Gasteiger partial charge in [-0.2, -0.15) is 0 Å². The predicted octanol–water partition coefficient (Wildman–Crippen LogP) is -0.402. The Kier molecular flexibility index (Phi) is 4.12. The molecule has 0 spiro atoms. The van der Waals surface area contributed by atoms with Crippen molar-refractivity contribution in [2.45, 2.75) is 26.3 Å². The molecule has 0 aromatic heterocycles. The lowest BCUT2D eigenvalue weighted by Gasteiger charge is -2.27. The number of carbonyl (C=O) groups is 1. The van der Waals surface area contributed by atoms with Crippen molar-refractivity contribution in [3.05, 3.63) is 0 Å². The van der Waals surface area contributed by atoms with Crippen LogP contribution in [0.15, 0.2) is 5.16 Å².